The molecule has 0 radical (unpaired) electrons. The number of H-pyrrole nitrogens is 1. The highest BCUT2D eigenvalue weighted by molar-refractivity contribution is 9.10. The molecule has 0 unspecified atom stereocenters. The van der Waals surface area contributed by atoms with Crippen molar-refractivity contribution in [2.75, 3.05) is 4.72 Å². The van der Waals surface area contributed by atoms with Gasteiger partial charge >= 0.3 is 0 Å². The predicted molar refractivity (Wildman–Crippen MR) is 81.0 cm³/mol. The number of aromatic nitrogens is 2. The van der Waals surface area contributed by atoms with Crippen molar-refractivity contribution in [3.05, 3.63) is 53.1 Å². The highest BCUT2D eigenvalue weighted by Crippen LogP contribution is 2.22. The Balaban J connectivity index is 1.96. The summed E-state index contributed by atoms with van der Waals surface area (Å²) in [7, 11) is -3.60. The first-order valence-corrected chi connectivity index (χ1v) is 8.04. The second-order valence-corrected chi connectivity index (χ2v) is 6.83. The van der Waals surface area contributed by atoms with Gasteiger partial charge in [0.25, 0.3) is 10.0 Å². The Morgan fingerprint density at radius 3 is 2.80 bits per heavy atom. The SMILES string of the molecule is O=S(=O)(Nc1ccc2[nH]ncc2c1)c1cccc(Br)c1. The number of fused-ring (bicyclic) bond motifs is 1. The highest BCUT2D eigenvalue weighted by Gasteiger charge is 2.14. The van der Waals surface area contributed by atoms with Crippen molar-refractivity contribution in [2.24, 2.45) is 0 Å². The summed E-state index contributed by atoms with van der Waals surface area (Å²) in [5.74, 6) is 0. The summed E-state index contributed by atoms with van der Waals surface area (Å²) in [5.41, 5.74) is 1.36. The number of hydrogen-bond acceptors (Lipinski definition) is 3. The zero-order chi connectivity index (χ0) is 14.2. The van der Waals surface area contributed by atoms with E-state index in [1.165, 1.54) is 0 Å². The Morgan fingerprint density at radius 1 is 1.15 bits per heavy atom. The fourth-order valence-electron chi connectivity index (χ4n) is 1.85. The number of nitrogens with one attached hydrogen (secondary N) is 2. The third kappa shape index (κ3) is 2.54. The lowest BCUT2D eigenvalue weighted by molar-refractivity contribution is 0.601. The minimum Gasteiger partial charge on any atom is -0.280 e. The maximum absolute atomic E-state index is 12.3. The van der Waals surface area contributed by atoms with Crippen molar-refractivity contribution in [1.82, 2.24) is 10.2 Å². The van der Waals surface area contributed by atoms with Crippen LogP contribution in [0.2, 0.25) is 0 Å². The molecule has 0 spiro atoms. The van der Waals surface area contributed by atoms with Crippen LogP contribution in [0, 0.1) is 0 Å². The summed E-state index contributed by atoms with van der Waals surface area (Å²) >= 11 is 3.26. The van der Waals surface area contributed by atoms with Crippen LogP contribution in [0.5, 0.6) is 0 Å². The highest BCUT2D eigenvalue weighted by atomic mass is 79.9. The van der Waals surface area contributed by atoms with Gasteiger partial charge in [0.1, 0.15) is 0 Å². The molecule has 0 fully saturated rings. The van der Waals surface area contributed by atoms with E-state index in [-0.39, 0.29) is 4.90 Å². The number of aromatic amines is 1. The summed E-state index contributed by atoms with van der Waals surface area (Å²) in [6.45, 7) is 0. The van der Waals surface area contributed by atoms with Gasteiger partial charge in [-0.25, -0.2) is 8.42 Å². The molecule has 1 heterocycles. The van der Waals surface area contributed by atoms with Crippen LogP contribution in [0.25, 0.3) is 10.9 Å². The van der Waals surface area contributed by atoms with Crippen LogP contribution in [-0.2, 0) is 10.0 Å². The number of hydrogen-bond donors (Lipinski definition) is 2. The van der Waals surface area contributed by atoms with Crippen LogP contribution in [0.3, 0.4) is 0 Å². The average molecular weight is 352 g/mol. The molecule has 0 aliphatic heterocycles. The van der Waals surface area contributed by atoms with Crippen molar-refractivity contribution in [3.63, 3.8) is 0 Å². The van der Waals surface area contributed by atoms with Gasteiger partial charge in [-0.3, -0.25) is 9.82 Å². The normalized spacial score (nSPS) is 11.7. The second kappa shape index (κ2) is 4.92. The first-order chi connectivity index (χ1) is 9.54. The van der Waals surface area contributed by atoms with Gasteiger partial charge in [0, 0.05) is 15.5 Å². The Bertz CT molecular complexity index is 874. The van der Waals surface area contributed by atoms with Gasteiger partial charge in [-0.1, -0.05) is 22.0 Å². The minimum atomic E-state index is -3.60. The van der Waals surface area contributed by atoms with Gasteiger partial charge in [0.15, 0.2) is 0 Å². The third-order valence-electron chi connectivity index (χ3n) is 2.80. The molecule has 1 aromatic heterocycles. The van der Waals surface area contributed by atoms with Crippen molar-refractivity contribution in [3.8, 4) is 0 Å². The summed E-state index contributed by atoms with van der Waals surface area (Å²) in [6, 6.07) is 11.8. The van der Waals surface area contributed by atoms with Crippen LogP contribution in [0.15, 0.2) is 58.0 Å². The molecular weight excluding hydrogens is 342 g/mol. The Morgan fingerprint density at radius 2 is 2.00 bits per heavy atom. The van der Waals surface area contributed by atoms with Crippen LogP contribution >= 0.6 is 15.9 Å². The van der Waals surface area contributed by atoms with Gasteiger partial charge in [0.2, 0.25) is 0 Å². The molecule has 0 bridgehead atoms. The van der Waals surface area contributed by atoms with E-state index >= 15 is 0 Å². The number of halogens is 1. The molecule has 2 aromatic carbocycles. The smallest absolute Gasteiger partial charge is 0.261 e. The summed E-state index contributed by atoms with van der Waals surface area (Å²) in [4.78, 5) is 0.208. The zero-order valence-electron chi connectivity index (χ0n) is 10.2. The van der Waals surface area contributed by atoms with E-state index in [4.69, 9.17) is 0 Å². The summed E-state index contributed by atoms with van der Waals surface area (Å²) in [5, 5.41) is 7.56. The molecule has 0 atom stereocenters. The van der Waals surface area contributed by atoms with E-state index in [2.05, 4.69) is 30.8 Å². The first-order valence-electron chi connectivity index (χ1n) is 5.76. The van der Waals surface area contributed by atoms with Crippen molar-refractivity contribution in [2.45, 2.75) is 4.90 Å². The Kier molecular flexibility index (Phi) is 3.23. The molecule has 102 valence electrons. The monoisotopic (exact) mass is 351 g/mol. The molecule has 2 N–H and O–H groups in total. The number of nitrogens with zero attached hydrogens (tertiary/aromatic N) is 1. The molecule has 0 amide bonds. The van der Waals surface area contributed by atoms with Crippen LogP contribution in [-0.4, -0.2) is 18.6 Å². The van der Waals surface area contributed by atoms with Gasteiger partial charge < -0.3 is 0 Å². The number of sulfonamides is 1. The van der Waals surface area contributed by atoms with Gasteiger partial charge in [-0.2, -0.15) is 5.10 Å². The van der Waals surface area contributed by atoms with Crippen molar-refractivity contribution < 1.29 is 8.42 Å². The van der Waals surface area contributed by atoms with Gasteiger partial charge in [-0.15, -0.1) is 0 Å². The molecule has 0 aliphatic rings. The van der Waals surface area contributed by atoms with Crippen LogP contribution in [0.4, 0.5) is 5.69 Å². The van der Waals surface area contributed by atoms with E-state index in [0.29, 0.717) is 10.2 Å². The first kappa shape index (κ1) is 13.1. The molecule has 0 saturated carbocycles. The topological polar surface area (TPSA) is 74.8 Å². The molecule has 20 heavy (non-hydrogen) atoms. The van der Waals surface area contributed by atoms with Gasteiger partial charge in [-0.05, 0) is 36.4 Å². The number of benzene rings is 2. The Labute approximate surface area is 124 Å². The van der Waals surface area contributed by atoms with E-state index in [1.807, 2.05) is 0 Å². The van der Waals surface area contributed by atoms with E-state index in [9.17, 15) is 8.42 Å². The number of rotatable bonds is 3. The lowest BCUT2D eigenvalue weighted by Crippen LogP contribution is -2.12. The Hall–Kier alpha value is -1.86. The minimum absolute atomic E-state index is 0.208. The largest absolute Gasteiger partial charge is 0.280 e. The molecule has 5 nitrogen and oxygen atoms in total. The van der Waals surface area contributed by atoms with Crippen molar-refractivity contribution >= 4 is 42.5 Å². The summed E-state index contributed by atoms with van der Waals surface area (Å²) < 4.78 is 27.8. The quantitative estimate of drug-likeness (QED) is 0.761. The maximum Gasteiger partial charge on any atom is 0.261 e. The van der Waals surface area contributed by atoms with E-state index in [1.54, 1.807) is 48.7 Å². The predicted octanol–water partition coefficient (Wildman–Crippen LogP) is 3.13. The molecular formula is C13H10BrN3O2S. The lowest BCUT2D eigenvalue weighted by Gasteiger charge is -2.08. The zero-order valence-corrected chi connectivity index (χ0v) is 12.6. The molecule has 7 heteroatoms. The second-order valence-electron chi connectivity index (χ2n) is 4.23. The van der Waals surface area contributed by atoms with Gasteiger partial charge in [0.05, 0.1) is 16.6 Å². The van der Waals surface area contributed by atoms with E-state index in [0.717, 1.165) is 10.9 Å². The molecule has 0 saturated heterocycles. The molecule has 3 aromatic rings. The fraction of sp³-hybridized carbons (Fsp3) is 0. The van der Waals surface area contributed by atoms with Crippen molar-refractivity contribution in [1.29, 1.82) is 0 Å². The average Bonchev–Trinajstić information content (AvgIpc) is 2.85. The van der Waals surface area contributed by atoms with Crippen LogP contribution in [0.1, 0.15) is 0 Å². The van der Waals surface area contributed by atoms with E-state index < -0.39 is 10.0 Å². The standard InChI is InChI=1S/C13H10BrN3O2S/c14-10-2-1-3-12(7-10)20(18,19)17-11-4-5-13-9(6-11)8-15-16-13/h1-8,17H,(H,15,16). The lowest BCUT2D eigenvalue weighted by atomic mass is 10.2. The van der Waals surface area contributed by atoms with Crippen LogP contribution < -0.4 is 4.72 Å². The fourth-order valence-corrected chi connectivity index (χ4v) is 3.50. The molecule has 0 aliphatic carbocycles. The third-order valence-corrected chi connectivity index (χ3v) is 4.67. The number of anilines is 1. The molecule has 3 rings (SSSR count). The summed E-state index contributed by atoms with van der Waals surface area (Å²) in [6.07, 6.45) is 1.65. The maximum atomic E-state index is 12.3.